The molecule has 0 aromatic carbocycles. The Morgan fingerprint density at radius 3 is 2.65 bits per heavy atom. The van der Waals surface area contributed by atoms with Crippen molar-refractivity contribution in [3.8, 4) is 0 Å². The van der Waals surface area contributed by atoms with E-state index < -0.39 is 16.0 Å². The number of hydrogen-bond donors (Lipinski definition) is 1. The summed E-state index contributed by atoms with van der Waals surface area (Å²) in [5.41, 5.74) is 0.562. The summed E-state index contributed by atoms with van der Waals surface area (Å²) >= 11 is 1.09. The molecule has 0 amide bonds. The van der Waals surface area contributed by atoms with Crippen molar-refractivity contribution in [1.29, 1.82) is 0 Å². The second-order valence-corrected chi connectivity index (χ2v) is 7.59. The number of carbonyl (C=O) groups is 1. The third-order valence-corrected chi connectivity index (χ3v) is 5.66. The number of aryl methyl sites for hydroxylation is 1. The zero-order valence-electron chi connectivity index (χ0n) is 12.2. The maximum atomic E-state index is 12.3. The maximum absolute atomic E-state index is 12.3. The highest BCUT2D eigenvalue weighted by Gasteiger charge is 2.27. The molecule has 5 nitrogen and oxygen atoms in total. The van der Waals surface area contributed by atoms with Crippen molar-refractivity contribution in [2.75, 3.05) is 13.7 Å². The van der Waals surface area contributed by atoms with E-state index in [-0.39, 0.29) is 9.77 Å². The molecule has 0 aliphatic heterocycles. The normalized spacial score (nSPS) is 11.8. The molecular formula is C13H21NO4S2. The first-order valence-corrected chi connectivity index (χ1v) is 8.82. The number of sulfonamides is 1. The van der Waals surface area contributed by atoms with Gasteiger partial charge in [0.1, 0.15) is 9.77 Å². The Morgan fingerprint density at radius 2 is 2.10 bits per heavy atom. The zero-order valence-corrected chi connectivity index (χ0v) is 13.9. The number of carbonyl (C=O) groups excluding carboxylic acids is 1. The maximum Gasteiger partial charge on any atom is 0.349 e. The molecule has 1 N–H and O–H groups in total. The van der Waals surface area contributed by atoms with Crippen LogP contribution in [0.4, 0.5) is 0 Å². The van der Waals surface area contributed by atoms with Crippen LogP contribution in [0.15, 0.2) is 10.3 Å². The van der Waals surface area contributed by atoms with E-state index in [9.17, 15) is 13.2 Å². The Hall–Kier alpha value is -0.920. The molecule has 114 valence electrons. The van der Waals surface area contributed by atoms with Crippen molar-refractivity contribution >= 4 is 27.3 Å². The zero-order chi connectivity index (χ0) is 15.3. The number of ether oxygens (including phenoxy) is 1. The van der Waals surface area contributed by atoms with Gasteiger partial charge in [-0.25, -0.2) is 17.9 Å². The highest BCUT2D eigenvalue weighted by atomic mass is 32.2. The van der Waals surface area contributed by atoms with Gasteiger partial charge in [-0.15, -0.1) is 11.3 Å². The molecule has 0 spiro atoms. The van der Waals surface area contributed by atoms with Gasteiger partial charge in [-0.3, -0.25) is 0 Å². The van der Waals surface area contributed by atoms with Crippen molar-refractivity contribution < 1.29 is 17.9 Å². The van der Waals surface area contributed by atoms with Gasteiger partial charge in [0.2, 0.25) is 10.0 Å². The molecule has 0 unspecified atom stereocenters. The summed E-state index contributed by atoms with van der Waals surface area (Å²) < 4.78 is 31.7. The van der Waals surface area contributed by atoms with Gasteiger partial charge in [0, 0.05) is 6.54 Å². The van der Waals surface area contributed by atoms with Crippen molar-refractivity contribution in [2.45, 2.75) is 38.5 Å². The molecular weight excluding hydrogens is 298 g/mol. The summed E-state index contributed by atoms with van der Waals surface area (Å²) in [6, 6.07) is 0. The molecule has 1 aromatic heterocycles. The van der Waals surface area contributed by atoms with Crippen LogP contribution in [0, 0.1) is 12.8 Å². The minimum atomic E-state index is -3.67. The summed E-state index contributed by atoms with van der Waals surface area (Å²) in [7, 11) is -2.43. The van der Waals surface area contributed by atoms with E-state index >= 15 is 0 Å². The summed E-state index contributed by atoms with van der Waals surface area (Å²) in [4.78, 5) is 11.8. The number of thiophene rings is 1. The molecule has 0 bridgehead atoms. The molecule has 0 radical (unpaired) electrons. The fraction of sp³-hybridized carbons (Fsp3) is 0.615. The van der Waals surface area contributed by atoms with Crippen LogP contribution >= 0.6 is 11.3 Å². The average Bonchev–Trinajstić information content (AvgIpc) is 2.76. The van der Waals surface area contributed by atoms with Gasteiger partial charge >= 0.3 is 5.97 Å². The van der Waals surface area contributed by atoms with Crippen LogP contribution in [0.1, 0.15) is 41.9 Å². The molecule has 1 aromatic rings. The third kappa shape index (κ3) is 4.29. The van der Waals surface area contributed by atoms with E-state index in [0.717, 1.165) is 24.2 Å². The largest absolute Gasteiger partial charge is 0.465 e. The first kappa shape index (κ1) is 17.1. The lowest BCUT2D eigenvalue weighted by Crippen LogP contribution is -2.26. The smallest absolute Gasteiger partial charge is 0.349 e. The minimum Gasteiger partial charge on any atom is -0.465 e. The highest BCUT2D eigenvalue weighted by molar-refractivity contribution is 7.89. The van der Waals surface area contributed by atoms with E-state index in [0.29, 0.717) is 18.0 Å². The second kappa shape index (κ2) is 7.19. The minimum absolute atomic E-state index is 0.0406. The molecule has 1 heterocycles. The van der Waals surface area contributed by atoms with E-state index in [1.54, 1.807) is 12.3 Å². The van der Waals surface area contributed by atoms with Gasteiger partial charge in [0.15, 0.2) is 0 Å². The van der Waals surface area contributed by atoms with E-state index in [4.69, 9.17) is 0 Å². The van der Waals surface area contributed by atoms with Crippen LogP contribution in [0.2, 0.25) is 0 Å². The summed E-state index contributed by atoms with van der Waals surface area (Å²) in [6.45, 7) is 6.22. The van der Waals surface area contributed by atoms with Gasteiger partial charge in [-0.05, 0) is 36.6 Å². The van der Waals surface area contributed by atoms with Gasteiger partial charge < -0.3 is 4.74 Å². The molecule has 0 saturated carbocycles. The topological polar surface area (TPSA) is 72.5 Å². The molecule has 0 aliphatic rings. The quantitative estimate of drug-likeness (QED) is 0.619. The molecule has 1 rings (SSSR count). The number of esters is 1. The predicted octanol–water partition coefficient (Wildman–Crippen LogP) is 2.56. The molecule has 0 fully saturated rings. The van der Waals surface area contributed by atoms with Gasteiger partial charge in [0.05, 0.1) is 7.11 Å². The number of rotatable bonds is 7. The van der Waals surface area contributed by atoms with Crippen molar-refractivity contribution in [1.82, 2.24) is 4.72 Å². The standard InChI is InChI=1S/C13H21NO4S2/c1-9(2)6-5-7-14-20(16,17)12-10(3)8-19-11(12)13(15)18-4/h8-9,14H,5-7H2,1-4H3. The number of methoxy groups -OCH3 is 1. The molecule has 20 heavy (non-hydrogen) atoms. The van der Waals surface area contributed by atoms with E-state index in [2.05, 4.69) is 23.3 Å². The highest BCUT2D eigenvalue weighted by Crippen LogP contribution is 2.27. The van der Waals surface area contributed by atoms with Crippen LogP contribution in [-0.2, 0) is 14.8 Å². The third-order valence-electron chi connectivity index (χ3n) is 2.81. The Balaban J connectivity index is 2.87. The fourth-order valence-corrected chi connectivity index (χ4v) is 4.57. The van der Waals surface area contributed by atoms with Crippen LogP contribution in [0.3, 0.4) is 0 Å². The predicted molar refractivity (Wildman–Crippen MR) is 79.7 cm³/mol. The summed E-state index contributed by atoms with van der Waals surface area (Å²) in [5, 5.41) is 1.65. The average molecular weight is 319 g/mol. The van der Waals surface area contributed by atoms with Crippen molar-refractivity contribution in [3.63, 3.8) is 0 Å². The second-order valence-electron chi connectivity index (χ2n) is 5.00. The monoisotopic (exact) mass is 319 g/mol. The van der Waals surface area contributed by atoms with Gasteiger partial charge in [-0.2, -0.15) is 0 Å². The SMILES string of the molecule is COC(=O)c1scc(C)c1S(=O)(=O)NCCCC(C)C. The van der Waals surface area contributed by atoms with Crippen LogP contribution < -0.4 is 4.72 Å². The van der Waals surface area contributed by atoms with Crippen LogP contribution in [0.5, 0.6) is 0 Å². The summed E-state index contributed by atoms with van der Waals surface area (Å²) in [5.74, 6) is -0.0846. The number of nitrogens with one attached hydrogen (secondary N) is 1. The molecule has 0 aliphatic carbocycles. The molecule has 7 heteroatoms. The van der Waals surface area contributed by atoms with E-state index in [1.807, 2.05) is 0 Å². The lowest BCUT2D eigenvalue weighted by atomic mass is 10.1. The Kier molecular flexibility index (Phi) is 6.16. The van der Waals surface area contributed by atoms with Crippen molar-refractivity contribution in [2.24, 2.45) is 5.92 Å². The lowest BCUT2D eigenvalue weighted by Gasteiger charge is -2.09. The first-order valence-electron chi connectivity index (χ1n) is 6.45. The Bertz CT molecular complexity index is 561. The van der Waals surface area contributed by atoms with Crippen LogP contribution in [-0.4, -0.2) is 28.0 Å². The van der Waals surface area contributed by atoms with Crippen molar-refractivity contribution in [3.05, 3.63) is 15.8 Å². The van der Waals surface area contributed by atoms with E-state index in [1.165, 1.54) is 7.11 Å². The lowest BCUT2D eigenvalue weighted by molar-refractivity contribution is 0.0602. The Labute approximate surface area is 124 Å². The summed E-state index contributed by atoms with van der Waals surface area (Å²) in [6.07, 6.45) is 1.72. The first-order chi connectivity index (χ1) is 9.29. The van der Waals surface area contributed by atoms with Crippen LogP contribution in [0.25, 0.3) is 0 Å². The van der Waals surface area contributed by atoms with Gasteiger partial charge in [0.25, 0.3) is 0 Å². The molecule has 0 atom stereocenters. The fourth-order valence-electron chi connectivity index (χ4n) is 1.79. The van der Waals surface area contributed by atoms with Gasteiger partial charge in [-0.1, -0.05) is 13.8 Å². The number of hydrogen-bond acceptors (Lipinski definition) is 5. The molecule has 0 saturated heterocycles. The Morgan fingerprint density at radius 1 is 1.45 bits per heavy atom.